The number of rotatable bonds is 5. The summed E-state index contributed by atoms with van der Waals surface area (Å²) in [6.45, 7) is 0. The molecule has 26 heavy (non-hydrogen) atoms. The van der Waals surface area contributed by atoms with Crippen molar-refractivity contribution >= 4 is 45.8 Å². The van der Waals surface area contributed by atoms with Crippen LogP contribution in [0.15, 0.2) is 29.6 Å². The molecule has 1 aromatic heterocycles. The van der Waals surface area contributed by atoms with Crippen LogP contribution in [0.4, 0.5) is 10.8 Å². The molecule has 0 bridgehead atoms. The normalized spacial score (nSPS) is 16.1. The number of nitrogens with zero attached hydrogens (tertiary/aromatic N) is 1. The highest BCUT2D eigenvalue weighted by molar-refractivity contribution is 7.13. The third-order valence-corrected chi connectivity index (χ3v) is 4.40. The number of anilines is 2. The van der Waals surface area contributed by atoms with Crippen LogP contribution in [0, 0.1) is 0 Å². The Hall–Kier alpha value is -3.27. The van der Waals surface area contributed by atoms with Crippen molar-refractivity contribution in [2.24, 2.45) is 5.73 Å². The van der Waals surface area contributed by atoms with Crippen LogP contribution in [0.25, 0.3) is 0 Å². The Morgan fingerprint density at radius 2 is 2.04 bits per heavy atom. The molecule has 2 heterocycles. The van der Waals surface area contributed by atoms with E-state index in [2.05, 4.69) is 20.9 Å². The number of para-hydroxylation sites is 1. The van der Waals surface area contributed by atoms with Gasteiger partial charge in [0.1, 0.15) is 6.04 Å². The molecule has 3 rings (SSSR count). The zero-order valence-corrected chi connectivity index (χ0v) is 14.3. The van der Waals surface area contributed by atoms with Crippen molar-refractivity contribution in [1.29, 1.82) is 0 Å². The molecule has 9 nitrogen and oxygen atoms in total. The molecule has 1 unspecified atom stereocenters. The fraction of sp³-hybridized carbons (Fsp3) is 0.188. The molecule has 134 valence electrons. The van der Waals surface area contributed by atoms with Gasteiger partial charge in [0, 0.05) is 5.38 Å². The molecule has 0 fully saturated rings. The Kier molecular flexibility index (Phi) is 4.94. The zero-order valence-electron chi connectivity index (χ0n) is 13.4. The van der Waals surface area contributed by atoms with Gasteiger partial charge in [0.2, 0.25) is 17.7 Å². The van der Waals surface area contributed by atoms with Crippen molar-refractivity contribution in [3.8, 4) is 0 Å². The number of carbonyl (C=O) groups is 4. The van der Waals surface area contributed by atoms with Crippen LogP contribution in [0.5, 0.6) is 0 Å². The van der Waals surface area contributed by atoms with Gasteiger partial charge in [-0.3, -0.25) is 19.2 Å². The zero-order chi connectivity index (χ0) is 18.7. The van der Waals surface area contributed by atoms with Crippen molar-refractivity contribution in [3.63, 3.8) is 0 Å². The number of hydrogen-bond donors (Lipinski definition) is 4. The number of carbonyl (C=O) groups excluding carboxylic acids is 4. The monoisotopic (exact) mass is 373 g/mol. The van der Waals surface area contributed by atoms with Gasteiger partial charge in [0.05, 0.1) is 29.8 Å². The Labute approximate surface area is 152 Å². The number of primary amides is 1. The lowest BCUT2D eigenvalue weighted by atomic mass is 10.1. The molecule has 5 N–H and O–H groups in total. The van der Waals surface area contributed by atoms with Gasteiger partial charge < -0.3 is 21.7 Å². The van der Waals surface area contributed by atoms with Gasteiger partial charge in [0.25, 0.3) is 5.91 Å². The average molecular weight is 373 g/mol. The van der Waals surface area contributed by atoms with E-state index in [9.17, 15) is 19.2 Å². The average Bonchev–Trinajstić information content (AvgIpc) is 2.95. The minimum Gasteiger partial charge on any atom is -0.369 e. The van der Waals surface area contributed by atoms with Crippen LogP contribution in [0.2, 0.25) is 0 Å². The summed E-state index contributed by atoms with van der Waals surface area (Å²) in [5, 5.41) is 9.61. The van der Waals surface area contributed by atoms with E-state index in [1.807, 2.05) is 0 Å². The Bertz CT molecular complexity index is 894. The molecule has 0 saturated heterocycles. The predicted molar refractivity (Wildman–Crippen MR) is 94.6 cm³/mol. The third-order valence-electron chi connectivity index (χ3n) is 3.59. The molecule has 0 saturated carbocycles. The molecular weight excluding hydrogens is 358 g/mol. The summed E-state index contributed by atoms with van der Waals surface area (Å²) in [5.74, 6) is -1.93. The van der Waals surface area contributed by atoms with E-state index in [0.717, 1.165) is 11.3 Å². The fourth-order valence-corrected chi connectivity index (χ4v) is 3.16. The number of fused-ring (bicyclic) bond motifs is 1. The summed E-state index contributed by atoms with van der Waals surface area (Å²) >= 11 is 1.14. The number of benzene rings is 1. The first-order valence-corrected chi connectivity index (χ1v) is 8.53. The number of hydrogen-bond acceptors (Lipinski definition) is 6. The summed E-state index contributed by atoms with van der Waals surface area (Å²) in [6, 6.07) is 5.57. The minimum atomic E-state index is -1.01. The van der Waals surface area contributed by atoms with Gasteiger partial charge in [0.15, 0.2) is 5.13 Å². The van der Waals surface area contributed by atoms with Gasteiger partial charge in [-0.25, -0.2) is 4.98 Å². The van der Waals surface area contributed by atoms with Crippen LogP contribution in [0.1, 0.15) is 22.5 Å². The molecule has 0 spiro atoms. The van der Waals surface area contributed by atoms with E-state index in [1.54, 1.807) is 29.6 Å². The van der Waals surface area contributed by atoms with E-state index in [0.29, 0.717) is 16.9 Å². The molecule has 1 aromatic carbocycles. The van der Waals surface area contributed by atoms with Crippen molar-refractivity contribution in [2.75, 3.05) is 10.6 Å². The quantitative estimate of drug-likeness (QED) is 0.594. The molecule has 1 aliphatic heterocycles. The lowest BCUT2D eigenvalue weighted by molar-refractivity contribution is -0.122. The van der Waals surface area contributed by atoms with E-state index in [1.165, 1.54) is 0 Å². The van der Waals surface area contributed by atoms with Crippen molar-refractivity contribution in [2.45, 2.75) is 18.9 Å². The number of aromatic nitrogens is 1. The highest BCUT2D eigenvalue weighted by Crippen LogP contribution is 2.20. The standard InChI is InChI=1S/C16H15N5O4S/c17-12(22)5-8-7-26-16(18-8)21-13(23)6-11-15(25)19-10-4-2-1-3-9(10)14(24)20-11/h1-4,7,11H,5-6H2,(H2,17,22)(H,19,25)(H,20,24)(H,18,21,23). The van der Waals surface area contributed by atoms with Gasteiger partial charge in [-0.2, -0.15) is 0 Å². The van der Waals surface area contributed by atoms with Crippen molar-refractivity contribution < 1.29 is 19.2 Å². The highest BCUT2D eigenvalue weighted by atomic mass is 32.1. The molecule has 2 aromatic rings. The largest absolute Gasteiger partial charge is 0.369 e. The molecule has 1 atom stereocenters. The summed E-state index contributed by atoms with van der Waals surface area (Å²) in [6.07, 6.45) is -0.276. The molecule has 1 aliphatic rings. The first kappa shape index (κ1) is 17.5. The van der Waals surface area contributed by atoms with Crippen LogP contribution in [0.3, 0.4) is 0 Å². The van der Waals surface area contributed by atoms with Crippen LogP contribution in [-0.2, 0) is 20.8 Å². The summed E-state index contributed by atoms with van der Waals surface area (Å²) in [4.78, 5) is 51.6. The van der Waals surface area contributed by atoms with E-state index in [4.69, 9.17) is 5.73 Å². The summed E-state index contributed by atoms with van der Waals surface area (Å²) in [7, 11) is 0. The van der Waals surface area contributed by atoms with Crippen LogP contribution >= 0.6 is 11.3 Å². The van der Waals surface area contributed by atoms with Gasteiger partial charge >= 0.3 is 0 Å². The van der Waals surface area contributed by atoms with E-state index >= 15 is 0 Å². The molecular formula is C16H15N5O4S. The first-order valence-electron chi connectivity index (χ1n) is 7.65. The maximum absolute atomic E-state index is 12.3. The number of amides is 4. The molecule has 0 radical (unpaired) electrons. The van der Waals surface area contributed by atoms with Crippen molar-refractivity contribution in [1.82, 2.24) is 10.3 Å². The molecule has 0 aliphatic carbocycles. The van der Waals surface area contributed by atoms with Crippen LogP contribution < -0.4 is 21.7 Å². The van der Waals surface area contributed by atoms with Gasteiger partial charge in [-0.15, -0.1) is 11.3 Å². The third kappa shape index (κ3) is 4.03. The smallest absolute Gasteiger partial charge is 0.254 e. The van der Waals surface area contributed by atoms with Crippen molar-refractivity contribution in [3.05, 3.63) is 40.9 Å². The second-order valence-electron chi connectivity index (χ2n) is 5.60. The second kappa shape index (κ2) is 7.31. The Morgan fingerprint density at radius 1 is 1.27 bits per heavy atom. The van der Waals surface area contributed by atoms with E-state index < -0.39 is 29.7 Å². The van der Waals surface area contributed by atoms with Gasteiger partial charge in [-0.05, 0) is 12.1 Å². The maximum Gasteiger partial charge on any atom is 0.254 e. The molecule has 10 heteroatoms. The minimum absolute atomic E-state index is 0.0221. The Morgan fingerprint density at radius 3 is 2.81 bits per heavy atom. The summed E-state index contributed by atoms with van der Waals surface area (Å²) in [5.41, 5.74) is 6.27. The highest BCUT2D eigenvalue weighted by Gasteiger charge is 2.29. The SMILES string of the molecule is NC(=O)Cc1csc(NC(=O)CC2NC(=O)c3ccccc3NC2=O)n1. The maximum atomic E-state index is 12.3. The fourth-order valence-electron chi connectivity index (χ4n) is 2.44. The second-order valence-corrected chi connectivity index (χ2v) is 6.46. The predicted octanol–water partition coefficient (Wildman–Crippen LogP) is 0.250. The Balaban J connectivity index is 1.64. The number of nitrogens with two attached hydrogens (primary N) is 1. The van der Waals surface area contributed by atoms with Gasteiger partial charge in [-0.1, -0.05) is 12.1 Å². The number of nitrogens with one attached hydrogen (secondary N) is 3. The topological polar surface area (TPSA) is 143 Å². The lowest BCUT2D eigenvalue weighted by Crippen LogP contribution is -2.43. The summed E-state index contributed by atoms with van der Waals surface area (Å²) < 4.78 is 0. The molecule has 4 amide bonds. The van der Waals surface area contributed by atoms with Crippen LogP contribution in [-0.4, -0.2) is 34.7 Å². The number of thiazole rings is 1. The first-order chi connectivity index (χ1) is 12.4. The lowest BCUT2D eigenvalue weighted by Gasteiger charge is -2.13. The van der Waals surface area contributed by atoms with E-state index in [-0.39, 0.29) is 18.0 Å².